The van der Waals surface area contributed by atoms with Crippen LogP contribution in [-0.2, 0) is 4.79 Å². The lowest BCUT2D eigenvalue weighted by Gasteiger charge is -2.37. The Balaban J connectivity index is 2.17. The van der Waals surface area contributed by atoms with E-state index in [-0.39, 0.29) is 18.2 Å². The molecule has 1 fully saturated rings. The highest BCUT2D eigenvalue weighted by Crippen LogP contribution is 2.31. The predicted molar refractivity (Wildman–Crippen MR) is 73.9 cm³/mol. The Morgan fingerprint density at radius 2 is 2.05 bits per heavy atom. The van der Waals surface area contributed by atoms with Crippen molar-refractivity contribution in [3.63, 3.8) is 0 Å². The second kappa shape index (κ2) is 5.98. The topological polar surface area (TPSA) is 98.0 Å². The summed E-state index contributed by atoms with van der Waals surface area (Å²) >= 11 is 0. The summed E-state index contributed by atoms with van der Waals surface area (Å²) < 4.78 is 0. The summed E-state index contributed by atoms with van der Waals surface area (Å²) in [5, 5.41) is 10.6. The van der Waals surface area contributed by atoms with E-state index in [4.69, 9.17) is 5.73 Å². The van der Waals surface area contributed by atoms with Crippen LogP contribution in [0.2, 0.25) is 0 Å². The van der Waals surface area contributed by atoms with Gasteiger partial charge >= 0.3 is 0 Å². The number of amides is 2. The average Bonchev–Trinajstić information content (AvgIpc) is 2.39. The second-order valence-corrected chi connectivity index (χ2v) is 5.47. The number of aromatic nitrogens is 2. The Kier molecular flexibility index (Phi) is 4.32. The summed E-state index contributed by atoms with van der Waals surface area (Å²) in [7, 11) is 0. The third kappa shape index (κ3) is 3.31. The van der Waals surface area contributed by atoms with E-state index in [1.807, 2.05) is 0 Å². The number of nitrogens with one attached hydrogen (secondary N) is 1. The molecule has 0 atom stereocenters. The summed E-state index contributed by atoms with van der Waals surface area (Å²) in [6.45, 7) is 1.74. The predicted octanol–water partition coefficient (Wildman–Crippen LogP) is 1.09. The average molecular weight is 276 g/mol. The molecule has 1 aromatic heterocycles. The van der Waals surface area contributed by atoms with Crippen LogP contribution < -0.4 is 11.1 Å². The van der Waals surface area contributed by atoms with Gasteiger partial charge in [0.05, 0.1) is 17.5 Å². The van der Waals surface area contributed by atoms with Crippen molar-refractivity contribution in [2.24, 2.45) is 5.73 Å². The molecular formula is C14H20N4O2. The molecule has 6 heteroatoms. The lowest BCUT2D eigenvalue weighted by molar-refractivity contribution is -0.119. The molecule has 108 valence electrons. The van der Waals surface area contributed by atoms with Gasteiger partial charge in [0.15, 0.2) is 0 Å². The maximum Gasteiger partial charge on any atom is 0.253 e. The SMILES string of the molecule is Cc1nnccc1C(=O)NC1(CC(N)=O)CCCCC1. The summed E-state index contributed by atoms with van der Waals surface area (Å²) in [4.78, 5) is 23.7. The molecule has 0 spiro atoms. The molecule has 0 radical (unpaired) electrons. The normalized spacial score (nSPS) is 17.4. The van der Waals surface area contributed by atoms with E-state index in [0.29, 0.717) is 11.3 Å². The second-order valence-electron chi connectivity index (χ2n) is 5.47. The van der Waals surface area contributed by atoms with E-state index in [9.17, 15) is 9.59 Å². The van der Waals surface area contributed by atoms with Gasteiger partial charge in [0.2, 0.25) is 5.91 Å². The van der Waals surface area contributed by atoms with E-state index >= 15 is 0 Å². The number of hydrogen-bond acceptors (Lipinski definition) is 4. The summed E-state index contributed by atoms with van der Waals surface area (Å²) in [5.74, 6) is -0.586. The highest BCUT2D eigenvalue weighted by Gasteiger charge is 2.35. The van der Waals surface area contributed by atoms with Gasteiger partial charge in [-0.15, -0.1) is 0 Å². The molecule has 1 heterocycles. The van der Waals surface area contributed by atoms with E-state index in [1.165, 1.54) is 6.20 Å². The number of carbonyl (C=O) groups is 2. The van der Waals surface area contributed by atoms with Crippen LogP contribution in [0.4, 0.5) is 0 Å². The molecule has 3 N–H and O–H groups in total. The van der Waals surface area contributed by atoms with E-state index in [1.54, 1.807) is 13.0 Å². The van der Waals surface area contributed by atoms with Crippen LogP contribution in [0, 0.1) is 6.92 Å². The van der Waals surface area contributed by atoms with Gasteiger partial charge in [-0.3, -0.25) is 9.59 Å². The number of hydrogen-bond donors (Lipinski definition) is 2. The van der Waals surface area contributed by atoms with Crippen LogP contribution in [-0.4, -0.2) is 27.6 Å². The summed E-state index contributed by atoms with van der Waals surface area (Å²) in [6.07, 6.45) is 6.40. The first-order valence-corrected chi connectivity index (χ1v) is 6.91. The molecule has 1 aromatic rings. The van der Waals surface area contributed by atoms with Crippen molar-refractivity contribution in [1.29, 1.82) is 0 Å². The summed E-state index contributed by atoms with van der Waals surface area (Å²) in [6, 6.07) is 1.64. The van der Waals surface area contributed by atoms with Crippen molar-refractivity contribution in [2.45, 2.75) is 51.0 Å². The first-order chi connectivity index (χ1) is 9.52. The Hall–Kier alpha value is -1.98. The molecular weight excluding hydrogens is 256 g/mol. The minimum Gasteiger partial charge on any atom is -0.370 e. The van der Waals surface area contributed by atoms with Gasteiger partial charge in [-0.1, -0.05) is 19.3 Å². The van der Waals surface area contributed by atoms with Gasteiger partial charge in [-0.25, -0.2) is 0 Å². The molecule has 20 heavy (non-hydrogen) atoms. The number of primary amides is 1. The lowest BCUT2D eigenvalue weighted by atomic mass is 9.79. The van der Waals surface area contributed by atoms with Gasteiger partial charge < -0.3 is 11.1 Å². The molecule has 1 aliphatic carbocycles. The molecule has 0 aromatic carbocycles. The number of nitrogens with two attached hydrogens (primary N) is 1. The van der Waals surface area contributed by atoms with E-state index in [2.05, 4.69) is 15.5 Å². The van der Waals surface area contributed by atoms with Crippen molar-refractivity contribution in [1.82, 2.24) is 15.5 Å². The Morgan fingerprint density at radius 3 is 2.65 bits per heavy atom. The minimum atomic E-state index is -0.503. The maximum absolute atomic E-state index is 12.4. The lowest BCUT2D eigenvalue weighted by Crippen LogP contribution is -2.52. The molecule has 1 saturated carbocycles. The molecule has 0 bridgehead atoms. The third-order valence-electron chi connectivity index (χ3n) is 3.85. The fourth-order valence-electron chi connectivity index (χ4n) is 2.86. The quantitative estimate of drug-likeness (QED) is 0.860. The Bertz CT molecular complexity index is 510. The monoisotopic (exact) mass is 276 g/mol. The third-order valence-corrected chi connectivity index (χ3v) is 3.85. The Morgan fingerprint density at radius 1 is 1.35 bits per heavy atom. The molecule has 0 saturated heterocycles. The zero-order chi connectivity index (χ0) is 14.6. The Labute approximate surface area is 118 Å². The van der Waals surface area contributed by atoms with Crippen molar-refractivity contribution in [2.75, 3.05) is 0 Å². The largest absolute Gasteiger partial charge is 0.370 e. The van der Waals surface area contributed by atoms with Crippen LogP contribution in [0.3, 0.4) is 0 Å². The van der Waals surface area contributed by atoms with Crippen LogP contribution in [0.5, 0.6) is 0 Å². The molecule has 2 rings (SSSR count). The first-order valence-electron chi connectivity index (χ1n) is 6.91. The molecule has 1 aliphatic rings. The standard InChI is InChI=1S/C14H20N4O2/c1-10-11(5-8-16-18-10)13(20)17-14(9-12(15)19)6-3-2-4-7-14/h5,8H,2-4,6-7,9H2,1H3,(H2,15,19)(H,17,20). The van der Waals surface area contributed by atoms with Crippen LogP contribution in [0.15, 0.2) is 12.3 Å². The number of nitrogens with zero attached hydrogens (tertiary/aromatic N) is 2. The van der Waals surface area contributed by atoms with E-state index in [0.717, 1.165) is 32.1 Å². The van der Waals surface area contributed by atoms with Crippen molar-refractivity contribution < 1.29 is 9.59 Å². The molecule has 6 nitrogen and oxygen atoms in total. The van der Waals surface area contributed by atoms with E-state index < -0.39 is 5.54 Å². The highest BCUT2D eigenvalue weighted by molar-refractivity contribution is 5.95. The highest BCUT2D eigenvalue weighted by atomic mass is 16.2. The molecule has 0 aliphatic heterocycles. The van der Waals surface area contributed by atoms with Crippen LogP contribution in [0.1, 0.15) is 54.6 Å². The van der Waals surface area contributed by atoms with Crippen molar-refractivity contribution in [3.05, 3.63) is 23.5 Å². The maximum atomic E-state index is 12.4. The molecule has 2 amide bonds. The zero-order valence-corrected chi connectivity index (χ0v) is 11.7. The molecule has 0 unspecified atom stereocenters. The van der Waals surface area contributed by atoms with Crippen LogP contribution >= 0.6 is 0 Å². The zero-order valence-electron chi connectivity index (χ0n) is 11.7. The fraction of sp³-hybridized carbons (Fsp3) is 0.571. The fourth-order valence-corrected chi connectivity index (χ4v) is 2.86. The minimum absolute atomic E-state index is 0.191. The van der Waals surface area contributed by atoms with Gasteiger partial charge in [0.1, 0.15) is 0 Å². The van der Waals surface area contributed by atoms with Gasteiger partial charge in [0, 0.05) is 12.0 Å². The van der Waals surface area contributed by atoms with Gasteiger partial charge in [-0.2, -0.15) is 10.2 Å². The van der Waals surface area contributed by atoms with Crippen molar-refractivity contribution in [3.8, 4) is 0 Å². The van der Waals surface area contributed by atoms with Crippen LogP contribution in [0.25, 0.3) is 0 Å². The van der Waals surface area contributed by atoms with Crippen molar-refractivity contribution >= 4 is 11.8 Å². The number of rotatable bonds is 4. The first kappa shape index (κ1) is 14.4. The van der Waals surface area contributed by atoms with Gasteiger partial charge in [0.25, 0.3) is 5.91 Å². The summed E-state index contributed by atoms with van der Waals surface area (Å²) in [5.41, 5.74) is 5.91. The number of carbonyl (C=O) groups excluding carboxylic acids is 2. The smallest absolute Gasteiger partial charge is 0.253 e. The number of aryl methyl sites for hydroxylation is 1. The van der Waals surface area contributed by atoms with Gasteiger partial charge in [-0.05, 0) is 25.8 Å².